The number of morpholine rings is 1. The van der Waals surface area contributed by atoms with E-state index >= 15 is 0 Å². The van der Waals surface area contributed by atoms with E-state index in [0.29, 0.717) is 10.6 Å². The number of amides is 2. The summed E-state index contributed by atoms with van der Waals surface area (Å²) in [6.45, 7) is 5.53. The molecule has 1 aliphatic heterocycles. The molecule has 0 saturated carbocycles. The minimum absolute atomic E-state index is 0.124. The monoisotopic (exact) mass is 388 g/mol. The van der Waals surface area contributed by atoms with E-state index in [9.17, 15) is 9.59 Å². The van der Waals surface area contributed by atoms with E-state index in [-0.39, 0.29) is 17.8 Å². The summed E-state index contributed by atoms with van der Waals surface area (Å²) in [6.07, 6.45) is 1.73. The number of hydrogen-bond donors (Lipinski definition) is 2. The highest BCUT2D eigenvalue weighted by Crippen LogP contribution is 2.18. The lowest BCUT2D eigenvalue weighted by Crippen LogP contribution is -2.46. The molecule has 142 valence electrons. The van der Waals surface area contributed by atoms with Gasteiger partial charge in [0, 0.05) is 19.3 Å². The maximum absolute atomic E-state index is 12.2. The molecule has 7 nitrogen and oxygen atoms in total. The second kappa shape index (κ2) is 8.37. The fraction of sp³-hybridized carbons (Fsp3) is 0.316. The van der Waals surface area contributed by atoms with Gasteiger partial charge in [0.2, 0.25) is 0 Å². The minimum Gasteiger partial charge on any atom is -0.372 e. The van der Waals surface area contributed by atoms with Crippen molar-refractivity contribution in [3.8, 4) is 0 Å². The number of aromatic nitrogens is 1. The molecular formula is C19H21ClN4O3. The average molecular weight is 389 g/mol. The number of hydrogen-bond acceptors (Lipinski definition) is 5. The molecule has 0 radical (unpaired) electrons. The van der Waals surface area contributed by atoms with E-state index in [1.165, 1.54) is 6.20 Å². The average Bonchev–Trinajstić information content (AvgIpc) is 2.65. The van der Waals surface area contributed by atoms with E-state index < -0.39 is 11.8 Å². The molecule has 3 rings (SSSR count). The first-order valence-electron chi connectivity index (χ1n) is 8.65. The minimum atomic E-state index is -0.491. The molecule has 1 aromatic heterocycles. The Bertz CT molecular complexity index is 818. The van der Waals surface area contributed by atoms with Crippen LogP contribution in [0.25, 0.3) is 0 Å². The number of hydrazine groups is 1. The van der Waals surface area contributed by atoms with Crippen LogP contribution < -0.4 is 15.8 Å². The van der Waals surface area contributed by atoms with E-state index in [2.05, 4.69) is 20.7 Å². The van der Waals surface area contributed by atoms with Crippen molar-refractivity contribution in [2.45, 2.75) is 26.1 Å². The molecule has 8 heteroatoms. The Kier molecular flexibility index (Phi) is 5.93. The van der Waals surface area contributed by atoms with Gasteiger partial charge in [-0.1, -0.05) is 23.7 Å². The van der Waals surface area contributed by atoms with Crippen molar-refractivity contribution < 1.29 is 14.3 Å². The summed E-state index contributed by atoms with van der Waals surface area (Å²) >= 11 is 5.97. The van der Waals surface area contributed by atoms with E-state index in [1.54, 1.807) is 36.4 Å². The first-order valence-corrected chi connectivity index (χ1v) is 9.03. The van der Waals surface area contributed by atoms with Crippen molar-refractivity contribution in [3.05, 3.63) is 58.7 Å². The fourth-order valence-electron chi connectivity index (χ4n) is 2.97. The molecule has 0 aliphatic carbocycles. The van der Waals surface area contributed by atoms with Gasteiger partial charge in [0.05, 0.1) is 28.4 Å². The number of halogens is 1. The number of nitrogens with one attached hydrogen (secondary N) is 2. The highest BCUT2D eigenvalue weighted by molar-refractivity contribution is 6.33. The lowest BCUT2D eigenvalue weighted by atomic mass is 10.2. The number of nitrogens with zero attached hydrogens (tertiary/aromatic N) is 2. The zero-order valence-corrected chi connectivity index (χ0v) is 15.9. The molecule has 2 N–H and O–H groups in total. The van der Waals surface area contributed by atoms with Crippen LogP contribution in [-0.2, 0) is 4.74 Å². The van der Waals surface area contributed by atoms with Crippen LogP contribution >= 0.6 is 11.6 Å². The van der Waals surface area contributed by atoms with Crippen molar-refractivity contribution in [2.24, 2.45) is 0 Å². The Balaban J connectivity index is 1.59. The highest BCUT2D eigenvalue weighted by Gasteiger charge is 2.23. The standard InChI is InChI=1S/C19H21ClN4O3/c1-12-10-24(11-13(2)27-12)17-8-7-14(9-21-17)18(25)22-23-19(26)15-5-3-4-6-16(15)20/h3-9,12-13H,10-11H2,1-2H3,(H,22,25)(H,23,26)/t12-,13-/m1/s1. The number of pyridine rings is 1. The normalized spacial score (nSPS) is 19.4. The lowest BCUT2D eigenvalue weighted by molar-refractivity contribution is -0.00546. The van der Waals surface area contributed by atoms with Crippen molar-refractivity contribution in [1.29, 1.82) is 0 Å². The molecule has 0 spiro atoms. The van der Waals surface area contributed by atoms with E-state index in [0.717, 1.165) is 18.9 Å². The second-order valence-electron chi connectivity index (χ2n) is 6.46. The number of ether oxygens (including phenoxy) is 1. The summed E-state index contributed by atoms with van der Waals surface area (Å²) in [5.41, 5.74) is 5.34. The molecule has 1 aromatic carbocycles. The molecule has 2 heterocycles. The zero-order chi connectivity index (χ0) is 19.4. The van der Waals surface area contributed by atoms with Crippen LogP contribution in [0.5, 0.6) is 0 Å². The Labute approximate surface area is 162 Å². The zero-order valence-electron chi connectivity index (χ0n) is 15.1. The molecule has 0 bridgehead atoms. The third-order valence-corrected chi connectivity index (χ3v) is 4.49. The summed E-state index contributed by atoms with van der Waals surface area (Å²) < 4.78 is 5.72. The molecular weight excluding hydrogens is 368 g/mol. The SMILES string of the molecule is C[C@@H]1CN(c2ccc(C(=O)NNC(=O)c3ccccc3Cl)cn2)C[C@@H](C)O1. The van der Waals surface area contributed by atoms with Crippen molar-refractivity contribution in [1.82, 2.24) is 15.8 Å². The number of anilines is 1. The number of rotatable bonds is 3. The maximum Gasteiger partial charge on any atom is 0.271 e. The Morgan fingerprint density at radius 1 is 1.07 bits per heavy atom. The molecule has 1 saturated heterocycles. The summed E-state index contributed by atoms with van der Waals surface area (Å²) in [5.74, 6) is -0.165. The third kappa shape index (κ3) is 4.75. The topological polar surface area (TPSA) is 83.6 Å². The van der Waals surface area contributed by atoms with Crippen LogP contribution in [0.15, 0.2) is 42.6 Å². The van der Waals surface area contributed by atoms with Crippen LogP contribution in [0.1, 0.15) is 34.6 Å². The maximum atomic E-state index is 12.2. The fourth-order valence-corrected chi connectivity index (χ4v) is 3.19. The van der Waals surface area contributed by atoms with Gasteiger partial charge in [0.15, 0.2) is 0 Å². The van der Waals surface area contributed by atoms with Gasteiger partial charge in [0.25, 0.3) is 11.8 Å². The van der Waals surface area contributed by atoms with Gasteiger partial charge in [0.1, 0.15) is 5.82 Å². The molecule has 2 aromatic rings. The van der Waals surface area contributed by atoms with Gasteiger partial charge in [-0.25, -0.2) is 4.98 Å². The van der Waals surface area contributed by atoms with Crippen molar-refractivity contribution >= 4 is 29.2 Å². The predicted molar refractivity (Wildman–Crippen MR) is 103 cm³/mol. The second-order valence-corrected chi connectivity index (χ2v) is 6.86. The highest BCUT2D eigenvalue weighted by atomic mass is 35.5. The molecule has 2 amide bonds. The van der Waals surface area contributed by atoms with Crippen LogP contribution in [-0.4, -0.2) is 42.1 Å². The summed E-state index contributed by atoms with van der Waals surface area (Å²) in [4.78, 5) is 30.8. The van der Waals surface area contributed by atoms with Gasteiger partial charge in [-0.2, -0.15) is 0 Å². The number of carbonyl (C=O) groups excluding carboxylic acids is 2. The van der Waals surface area contributed by atoms with Crippen LogP contribution in [0.3, 0.4) is 0 Å². The van der Waals surface area contributed by atoms with Crippen molar-refractivity contribution in [2.75, 3.05) is 18.0 Å². The molecule has 1 fully saturated rings. The number of benzene rings is 1. The van der Waals surface area contributed by atoms with Crippen LogP contribution in [0.4, 0.5) is 5.82 Å². The summed E-state index contributed by atoms with van der Waals surface area (Å²) in [7, 11) is 0. The molecule has 1 aliphatic rings. The third-order valence-electron chi connectivity index (χ3n) is 4.16. The lowest BCUT2D eigenvalue weighted by Gasteiger charge is -2.36. The first-order chi connectivity index (χ1) is 12.9. The van der Waals surface area contributed by atoms with Crippen LogP contribution in [0, 0.1) is 0 Å². The number of carbonyl (C=O) groups is 2. The Morgan fingerprint density at radius 2 is 1.74 bits per heavy atom. The largest absolute Gasteiger partial charge is 0.372 e. The molecule has 2 atom stereocenters. The quantitative estimate of drug-likeness (QED) is 0.789. The molecule has 27 heavy (non-hydrogen) atoms. The van der Waals surface area contributed by atoms with Gasteiger partial charge in [-0.3, -0.25) is 20.4 Å². The summed E-state index contributed by atoms with van der Waals surface area (Å²) in [6, 6.07) is 10.1. The van der Waals surface area contributed by atoms with Gasteiger partial charge < -0.3 is 9.64 Å². The Morgan fingerprint density at radius 3 is 2.37 bits per heavy atom. The summed E-state index contributed by atoms with van der Waals surface area (Å²) in [5, 5.41) is 0.309. The first kappa shape index (κ1) is 19.1. The Hall–Kier alpha value is -2.64. The van der Waals surface area contributed by atoms with Gasteiger partial charge in [-0.05, 0) is 38.1 Å². The van der Waals surface area contributed by atoms with Gasteiger partial charge in [-0.15, -0.1) is 0 Å². The van der Waals surface area contributed by atoms with E-state index in [1.807, 2.05) is 13.8 Å². The smallest absolute Gasteiger partial charge is 0.271 e. The van der Waals surface area contributed by atoms with Crippen molar-refractivity contribution in [3.63, 3.8) is 0 Å². The van der Waals surface area contributed by atoms with E-state index in [4.69, 9.17) is 16.3 Å². The molecule has 0 unspecified atom stereocenters. The predicted octanol–water partition coefficient (Wildman–Crippen LogP) is 2.42. The van der Waals surface area contributed by atoms with Crippen LogP contribution in [0.2, 0.25) is 5.02 Å². The van der Waals surface area contributed by atoms with Gasteiger partial charge >= 0.3 is 0 Å².